The van der Waals surface area contributed by atoms with E-state index in [2.05, 4.69) is 22.9 Å². The van der Waals surface area contributed by atoms with E-state index in [-0.39, 0.29) is 0 Å². The van der Waals surface area contributed by atoms with Crippen LogP contribution in [0.5, 0.6) is 0 Å². The van der Waals surface area contributed by atoms with Gasteiger partial charge in [0.2, 0.25) is 0 Å². The van der Waals surface area contributed by atoms with Gasteiger partial charge in [-0.1, -0.05) is 42.1 Å². The molecule has 1 aliphatic heterocycles. The fraction of sp³-hybridized carbons (Fsp3) is 1.00. The zero-order valence-electron chi connectivity index (χ0n) is 10.5. The van der Waals surface area contributed by atoms with Gasteiger partial charge in [0.25, 0.3) is 0 Å². The minimum Gasteiger partial charge on any atom is -0.381 e. The lowest BCUT2D eigenvalue weighted by atomic mass is 9.83. The van der Waals surface area contributed by atoms with Crippen LogP contribution in [0.4, 0.5) is 0 Å². The molecule has 0 aromatic rings. The maximum Gasteiger partial charge on any atom is 0.0532 e. The van der Waals surface area contributed by atoms with Crippen molar-refractivity contribution in [2.75, 3.05) is 31.8 Å². The molecule has 0 amide bonds. The summed E-state index contributed by atoms with van der Waals surface area (Å²) in [6.07, 6.45) is 7.41. The number of hydrogen-bond donors (Lipinski definition) is 0. The van der Waals surface area contributed by atoms with E-state index < -0.39 is 0 Å². The largest absolute Gasteiger partial charge is 0.381 e. The average molecular weight is 293 g/mol. The number of unbranched alkanes of at least 4 members (excludes halogenated alkanes) is 3. The zero-order chi connectivity index (χ0) is 11.7. The van der Waals surface area contributed by atoms with E-state index in [1.165, 1.54) is 25.7 Å². The third-order valence-electron chi connectivity index (χ3n) is 3.39. The Hall–Kier alpha value is 0.400. The van der Waals surface area contributed by atoms with E-state index in [1.54, 1.807) is 0 Å². The summed E-state index contributed by atoms with van der Waals surface area (Å²) in [5.41, 5.74) is 0.336. The Bertz CT molecular complexity index is 167. The minimum atomic E-state index is 0.336. The van der Waals surface area contributed by atoms with Gasteiger partial charge in [0.05, 0.1) is 6.61 Å². The van der Waals surface area contributed by atoms with Crippen molar-refractivity contribution in [3.05, 3.63) is 0 Å². The van der Waals surface area contributed by atoms with Gasteiger partial charge in [-0.05, 0) is 19.3 Å². The van der Waals surface area contributed by atoms with Crippen LogP contribution in [-0.2, 0) is 9.47 Å². The molecule has 0 aromatic heterocycles. The van der Waals surface area contributed by atoms with E-state index in [4.69, 9.17) is 9.47 Å². The highest BCUT2D eigenvalue weighted by Gasteiger charge is 2.31. The van der Waals surface area contributed by atoms with Crippen molar-refractivity contribution in [3.8, 4) is 0 Å². The Morgan fingerprint density at radius 1 is 1.19 bits per heavy atom. The monoisotopic (exact) mass is 292 g/mol. The molecule has 0 atom stereocenters. The molecule has 96 valence electrons. The van der Waals surface area contributed by atoms with Crippen LogP contribution in [0, 0.1) is 5.41 Å². The van der Waals surface area contributed by atoms with Crippen molar-refractivity contribution < 1.29 is 9.47 Å². The van der Waals surface area contributed by atoms with Gasteiger partial charge in [-0.3, -0.25) is 0 Å². The van der Waals surface area contributed by atoms with E-state index in [9.17, 15) is 0 Å². The van der Waals surface area contributed by atoms with Gasteiger partial charge < -0.3 is 9.47 Å². The summed E-state index contributed by atoms with van der Waals surface area (Å²) in [6, 6.07) is 0. The molecule has 3 heteroatoms. The van der Waals surface area contributed by atoms with Crippen LogP contribution in [-0.4, -0.2) is 31.8 Å². The van der Waals surface area contributed by atoms with Gasteiger partial charge in [-0.2, -0.15) is 0 Å². The SMILES string of the molecule is CCCCCCOCC1(CBr)CCOCC1. The topological polar surface area (TPSA) is 18.5 Å². The number of halogens is 1. The number of alkyl halides is 1. The maximum absolute atomic E-state index is 5.83. The molecule has 16 heavy (non-hydrogen) atoms. The molecular weight excluding hydrogens is 268 g/mol. The van der Waals surface area contributed by atoms with E-state index in [0.717, 1.165) is 44.6 Å². The number of rotatable bonds is 8. The fourth-order valence-electron chi connectivity index (χ4n) is 2.04. The fourth-order valence-corrected chi connectivity index (χ4v) is 2.76. The highest BCUT2D eigenvalue weighted by molar-refractivity contribution is 9.09. The molecule has 1 rings (SSSR count). The summed E-state index contributed by atoms with van der Waals surface area (Å²) in [7, 11) is 0. The second-order valence-corrected chi connectivity index (χ2v) is 5.42. The van der Waals surface area contributed by atoms with Crippen LogP contribution in [0.3, 0.4) is 0 Å². The predicted molar refractivity (Wildman–Crippen MR) is 71.2 cm³/mol. The van der Waals surface area contributed by atoms with Gasteiger partial charge >= 0.3 is 0 Å². The molecule has 1 heterocycles. The molecule has 0 unspecified atom stereocenters. The van der Waals surface area contributed by atoms with E-state index in [0.29, 0.717) is 5.41 Å². The van der Waals surface area contributed by atoms with E-state index in [1.807, 2.05) is 0 Å². The summed E-state index contributed by atoms with van der Waals surface area (Å²) < 4.78 is 11.2. The first kappa shape index (κ1) is 14.5. The second-order valence-electron chi connectivity index (χ2n) is 4.86. The highest BCUT2D eigenvalue weighted by atomic mass is 79.9. The molecule has 0 spiro atoms. The van der Waals surface area contributed by atoms with Crippen molar-refractivity contribution >= 4 is 15.9 Å². The summed E-state index contributed by atoms with van der Waals surface area (Å²) >= 11 is 3.63. The lowest BCUT2D eigenvalue weighted by Crippen LogP contribution is -2.35. The van der Waals surface area contributed by atoms with Crippen LogP contribution in [0.15, 0.2) is 0 Å². The van der Waals surface area contributed by atoms with Crippen LogP contribution in [0.2, 0.25) is 0 Å². The lowest BCUT2D eigenvalue weighted by Gasteiger charge is -2.35. The van der Waals surface area contributed by atoms with Crippen LogP contribution in [0.1, 0.15) is 45.4 Å². The van der Waals surface area contributed by atoms with Crippen molar-refractivity contribution in [2.24, 2.45) is 5.41 Å². The third kappa shape index (κ3) is 5.15. The van der Waals surface area contributed by atoms with Crippen LogP contribution >= 0.6 is 15.9 Å². The average Bonchev–Trinajstić information content (AvgIpc) is 2.35. The molecular formula is C13H25BrO2. The first-order chi connectivity index (χ1) is 7.83. The molecule has 0 aliphatic carbocycles. The smallest absolute Gasteiger partial charge is 0.0532 e. The molecule has 0 saturated carbocycles. The minimum absolute atomic E-state index is 0.336. The Kier molecular flexibility index (Phi) is 7.67. The molecule has 1 fully saturated rings. The standard InChI is InChI=1S/C13H25BrO2/c1-2-3-4-5-8-16-12-13(11-14)6-9-15-10-7-13/h2-12H2,1H3. The quantitative estimate of drug-likeness (QED) is 0.501. The Morgan fingerprint density at radius 2 is 1.94 bits per heavy atom. The van der Waals surface area contributed by atoms with Crippen LogP contribution < -0.4 is 0 Å². The normalized spacial score (nSPS) is 19.9. The second kappa shape index (κ2) is 8.48. The lowest BCUT2D eigenvalue weighted by molar-refractivity contribution is -0.0272. The van der Waals surface area contributed by atoms with Gasteiger partial charge in [0.1, 0.15) is 0 Å². The summed E-state index contributed by atoms with van der Waals surface area (Å²) in [4.78, 5) is 0. The highest BCUT2D eigenvalue weighted by Crippen LogP contribution is 2.32. The first-order valence-electron chi connectivity index (χ1n) is 6.54. The van der Waals surface area contributed by atoms with E-state index >= 15 is 0 Å². The third-order valence-corrected chi connectivity index (χ3v) is 4.58. The Labute approximate surface area is 108 Å². The van der Waals surface area contributed by atoms with Crippen molar-refractivity contribution in [2.45, 2.75) is 45.4 Å². The summed E-state index contributed by atoms with van der Waals surface area (Å²) in [5, 5.41) is 1.04. The van der Waals surface area contributed by atoms with Gasteiger partial charge in [0, 0.05) is 30.6 Å². The maximum atomic E-state index is 5.83. The molecule has 2 nitrogen and oxygen atoms in total. The molecule has 1 saturated heterocycles. The Morgan fingerprint density at radius 3 is 2.56 bits per heavy atom. The number of ether oxygens (including phenoxy) is 2. The van der Waals surface area contributed by atoms with Crippen molar-refractivity contribution in [1.29, 1.82) is 0 Å². The van der Waals surface area contributed by atoms with Gasteiger partial charge in [-0.25, -0.2) is 0 Å². The van der Waals surface area contributed by atoms with Crippen molar-refractivity contribution in [3.63, 3.8) is 0 Å². The zero-order valence-corrected chi connectivity index (χ0v) is 12.1. The summed E-state index contributed by atoms with van der Waals surface area (Å²) in [5.74, 6) is 0. The molecule has 0 radical (unpaired) electrons. The molecule has 0 bridgehead atoms. The molecule has 0 N–H and O–H groups in total. The molecule has 1 aliphatic rings. The predicted octanol–water partition coefficient (Wildman–Crippen LogP) is 3.78. The molecule has 0 aromatic carbocycles. The van der Waals surface area contributed by atoms with Gasteiger partial charge in [-0.15, -0.1) is 0 Å². The van der Waals surface area contributed by atoms with Crippen LogP contribution in [0.25, 0.3) is 0 Å². The first-order valence-corrected chi connectivity index (χ1v) is 7.66. The summed E-state index contributed by atoms with van der Waals surface area (Å²) in [6.45, 7) is 5.85. The Balaban J connectivity index is 2.08. The van der Waals surface area contributed by atoms with Gasteiger partial charge in [0.15, 0.2) is 0 Å². The number of hydrogen-bond acceptors (Lipinski definition) is 2. The van der Waals surface area contributed by atoms with Crippen molar-refractivity contribution in [1.82, 2.24) is 0 Å².